The van der Waals surface area contributed by atoms with E-state index in [1.165, 1.54) is 0 Å². The first-order valence-electron chi connectivity index (χ1n) is 7.61. The molecular formula is C15H27NO6Si. The van der Waals surface area contributed by atoms with Crippen LogP contribution in [0.2, 0.25) is 18.1 Å². The molecule has 1 fully saturated rings. The van der Waals surface area contributed by atoms with Crippen molar-refractivity contribution in [3.63, 3.8) is 0 Å². The van der Waals surface area contributed by atoms with Gasteiger partial charge in [0.25, 0.3) is 0 Å². The van der Waals surface area contributed by atoms with Crippen LogP contribution in [0.1, 0.15) is 34.6 Å². The molecule has 0 aromatic rings. The topological polar surface area (TPSA) is 113 Å². The molecule has 0 radical (unpaired) electrons. The first-order chi connectivity index (χ1) is 10.2. The lowest BCUT2D eigenvalue weighted by molar-refractivity contribution is -0.173. The highest BCUT2D eigenvalue weighted by molar-refractivity contribution is 6.74. The van der Waals surface area contributed by atoms with Gasteiger partial charge in [-0.25, -0.2) is 0 Å². The van der Waals surface area contributed by atoms with E-state index in [1.807, 2.05) is 13.1 Å². The molecule has 1 aliphatic heterocycles. The standard InChI is InChI=1S/C15H27NO6Si/c1-8(22-23(6,7)14(2,3)4)9-10(16-11(9)17)15(5,12(18)19)13(20)21/h8-10H,1-7H3,(H,16,17)(H,18,19)(H,20,21)/t8-,9-,10+/m1/s1/i12+1/t8-,9-,10+,15+. The van der Waals surface area contributed by atoms with E-state index in [4.69, 9.17) is 4.43 Å². The van der Waals surface area contributed by atoms with E-state index in [2.05, 4.69) is 26.1 Å². The Hall–Kier alpha value is -1.41. The first-order valence-corrected chi connectivity index (χ1v) is 10.5. The summed E-state index contributed by atoms with van der Waals surface area (Å²) in [4.78, 5) is 34.9. The van der Waals surface area contributed by atoms with Gasteiger partial charge in [0.1, 0.15) is 0 Å². The van der Waals surface area contributed by atoms with Crippen molar-refractivity contribution in [3.05, 3.63) is 0 Å². The van der Waals surface area contributed by atoms with Gasteiger partial charge < -0.3 is 20.0 Å². The van der Waals surface area contributed by atoms with Crippen LogP contribution in [0.5, 0.6) is 0 Å². The Balaban J connectivity index is 3.05. The summed E-state index contributed by atoms with van der Waals surface area (Å²) in [5.41, 5.74) is -2.08. The molecule has 1 rings (SSSR count). The van der Waals surface area contributed by atoms with Gasteiger partial charge in [-0.05, 0) is 32.0 Å². The third kappa shape index (κ3) is 3.28. The Kier molecular flexibility index (Phi) is 5.04. The fourth-order valence-corrected chi connectivity index (χ4v) is 3.88. The maximum Gasteiger partial charge on any atom is 0.322 e. The van der Waals surface area contributed by atoms with E-state index >= 15 is 0 Å². The highest BCUT2D eigenvalue weighted by atomic mass is 28.4. The molecule has 1 saturated heterocycles. The molecule has 4 atom stereocenters. The number of rotatable bonds is 6. The minimum absolute atomic E-state index is 0.0696. The third-order valence-corrected chi connectivity index (χ3v) is 9.84. The number of aliphatic carboxylic acids is 2. The molecule has 132 valence electrons. The lowest BCUT2D eigenvalue weighted by Gasteiger charge is -2.48. The van der Waals surface area contributed by atoms with Gasteiger partial charge in [-0.3, -0.25) is 14.4 Å². The van der Waals surface area contributed by atoms with Crippen LogP contribution >= 0.6 is 0 Å². The van der Waals surface area contributed by atoms with Crippen molar-refractivity contribution >= 4 is 26.2 Å². The molecule has 7 nitrogen and oxygen atoms in total. The van der Waals surface area contributed by atoms with Crippen molar-refractivity contribution in [1.29, 1.82) is 0 Å². The zero-order valence-corrected chi connectivity index (χ0v) is 15.8. The lowest BCUT2D eigenvalue weighted by Crippen LogP contribution is -2.72. The minimum Gasteiger partial charge on any atom is -0.480 e. The van der Waals surface area contributed by atoms with Crippen LogP contribution in [-0.2, 0) is 18.8 Å². The zero-order valence-electron chi connectivity index (χ0n) is 14.8. The Bertz CT molecular complexity index is 511. The zero-order chi connectivity index (χ0) is 18.4. The van der Waals surface area contributed by atoms with Crippen molar-refractivity contribution in [2.45, 2.75) is 64.9 Å². The summed E-state index contributed by atoms with van der Waals surface area (Å²) < 4.78 is 6.15. The second kappa shape index (κ2) is 5.90. The smallest absolute Gasteiger partial charge is 0.322 e. The number of hydrogen-bond donors (Lipinski definition) is 3. The van der Waals surface area contributed by atoms with Crippen molar-refractivity contribution in [1.82, 2.24) is 5.32 Å². The van der Waals surface area contributed by atoms with Gasteiger partial charge in [-0.2, -0.15) is 0 Å². The third-order valence-electron chi connectivity index (χ3n) is 5.26. The van der Waals surface area contributed by atoms with Crippen LogP contribution < -0.4 is 5.32 Å². The number of carbonyl (C=O) groups excluding carboxylic acids is 1. The SMILES string of the molecule is C[C@@H](O[Si](C)(C)C(C)(C)C)[C@H]1C(=O)N[C@@H]1[C@](C)(C(=O)O)[13C](=O)O. The predicted molar refractivity (Wildman–Crippen MR) is 86.5 cm³/mol. The molecule has 0 saturated carbocycles. The minimum atomic E-state index is -2.16. The summed E-state index contributed by atoms with van der Waals surface area (Å²) in [7, 11) is -2.16. The van der Waals surface area contributed by atoms with Gasteiger partial charge >= 0.3 is 11.9 Å². The summed E-state index contributed by atoms with van der Waals surface area (Å²) in [6.45, 7) is 13.1. The van der Waals surface area contributed by atoms with E-state index in [9.17, 15) is 24.6 Å². The second-order valence-corrected chi connectivity index (χ2v) is 12.7. The average molecular weight is 346 g/mol. The summed E-state index contributed by atoms with van der Waals surface area (Å²) >= 11 is 0. The predicted octanol–water partition coefficient (Wildman–Crippen LogP) is 1.69. The highest BCUT2D eigenvalue weighted by Crippen LogP contribution is 2.41. The van der Waals surface area contributed by atoms with E-state index in [0.29, 0.717) is 0 Å². The van der Waals surface area contributed by atoms with Crippen LogP contribution in [0, 0.1) is 11.3 Å². The molecule has 8 heteroatoms. The number of amides is 1. The molecule has 0 aromatic carbocycles. The fraction of sp³-hybridized carbons (Fsp3) is 0.800. The van der Waals surface area contributed by atoms with Crippen molar-refractivity contribution in [2.24, 2.45) is 11.3 Å². The van der Waals surface area contributed by atoms with Crippen LogP contribution in [0.3, 0.4) is 0 Å². The fourth-order valence-electron chi connectivity index (χ4n) is 2.45. The van der Waals surface area contributed by atoms with E-state index in [1.54, 1.807) is 6.92 Å². The quantitative estimate of drug-likeness (QED) is 0.292. The van der Waals surface area contributed by atoms with Gasteiger partial charge in [-0.1, -0.05) is 20.8 Å². The number of hydrogen-bond acceptors (Lipinski definition) is 4. The van der Waals surface area contributed by atoms with Crippen LogP contribution in [0.15, 0.2) is 0 Å². The lowest BCUT2D eigenvalue weighted by atomic mass is 9.73. The normalized spacial score (nSPS) is 25.8. The summed E-state index contributed by atoms with van der Waals surface area (Å²) in [5.74, 6) is -4.10. The number of β-lactam (4-membered cyclic amide) rings is 1. The molecule has 3 N–H and O–H groups in total. The number of carboxylic acid groups (broad SMARTS) is 2. The molecule has 0 aliphatic carbocycles. The summed E-state index contributed by atoms with van der Waals surface area (Å²) in [6.07, 6.45) is -0.548. The van der Waals surface area contributed by atoms with E-state index in [0.717, 1.165) is 6.92 Å². The Morgan fingerprint density at radius 1 is 1.17 bits per heavy atom. The molecule has 0 aromatic heterocycles. The van der Waals surface area contributed by atoms with Gasteiger partial charge in [0.15, 0.2) is 13.7 Å². The molecule has 1 heterocycles. The highest BCUT2D eigenvalue weighted by Gasteiger charge is 2.61. The monoisotopic (exact) mass is 346 g/mol. The van der Waals surface area contributed by atoms with Crippen molar-refractivity contribution in [3.8, 4) is 0 Å². The van der Waals surface area contributed by atoms with Gasteiger partial charge in [0.2, 0.25) is 5.91 Å². The van der Waals surface area contributed by atoms with Gasteiger partial charge in [-0.15, -0.1) is 0 Å². The summed E-state index contributed by atoms with van der Waals surface area (Å²) in [6, 6.07) is -0.996. The van der Waals surface area contributed by atoms with Crippen LogP contribution in [0.4, 0.5) is 0 Å². The van der Waals surface area contributed by atoms with Gasteiger partial charge in [0.05, 0.1) is 18.1 Å². The van der Waals surface area contributed by atoms with Crippen LogP contribution in [0.25, 0.3) is 0 Å². The first kappa shape index (κ1) is 19.6. The Morgan fingerprint density at radius 2 is 1.61 bits per heavy atom. The molecule has 0 unspecified atom stereocenters. The van der Waals surface area contributed by atoms with Crippen molar-refractivity contribution < 1.29 is 29.0 Å². The molecule has 23 heavy (non-hydrogen) atoms. The molecule has 1 amide bonds. The largest absolute Gasteiger partial charge is 0.480 e. The summed E-state index contributed by atoms with van der Waals surface area (Å²) in [5, 5.41) is 21.0. The molecule has 0 bridgehead atoms. The Morgan fingerprint density at radius 3 is 1.91 bits per heavy atom. The van der Waals surface area contributed by atoms with Crippen molar-refractivity contribution in [2.75, 3.05) is 0 Å². The molecule has 1 aliphatic rings. The van der Waals surface area contributed by atoms with E-state index < -0.39 is 43.7 Å². The molecular weight excluding hydrogens is 319 g/mol. The number of carboxylic acids is 2. The average Bonchev–Trinajstić information content (AvgIpc) is 2.31. The molecule has 0 spiro atoms. The maximum atomic E-state index is 11.9. The number of carbonyl (C=O) groups is 3. The Labute approximate surface area is 137 Å². The number of nitrogens with one attached hydrogen (secondary N) is 1. The second-order valence-electron chi connectivity index (χ2n) is 7.91. The maximum absolute atomic E-state index is 11.9. The van der Waals surface area contributed by atoms with Gasteiger partial charge in [0, 0.05) is 0 Å². The van der Waals surface area contributed by atoms with E-state index in [-0.39, 0.29) is 10.9 Å². The van der Waals surface area contributed by atoms with Crippen LogP contribution in [-0.4, -0.2) is 48.5 Å².